The number of hydrogen-bond donors (Lipinski definition) is 1. The summed E-state index contributed by atoms with van der Waals surface area (Å²) in [5.41, 5.74) is 18.9. The summed E-state index contributed by atoms with van der Waals surface area (Å²) in [6.07, 6.45) is 0. The summed E-state index contributed by atoms with van der Waals surface area (Å²) < 4.78 is 5.21. The molecule has 0 fully saturated rings. The lowest BCUT2D eigenvalue weighted by Gasteiger charge is -2.22. The van der Waals surface area contributed by atoms with Crippen LogP contribution in [-0.4, -0.2) is 10.4 Å². The topological polar surface area (TPSA) is 43.3 Å². The van der Waals surface area contributed by atoms with Gasteiger partial charge in [0.1, 0.15) is 5.84 Å². The van der Waals surface area contributed by atoms with Gasteiger partial charge in [0.25, 0.3) is 0 Å². The fourth-order valence-electron chi connectivity index (χ4n) is 8.14. The van der Waals surface area contributed by atoms with Crippen molar-refractivity contribution in [3.63, 3.8) is 0 Å². The van der Waals surface area contributed by atoms with Crippen LogP contribution in [-0.2, 0) is 12.0 Å². The molecule has 0 saturated carbocycles. The number of fused-ring (bicyclic) bond motifs is 12. The third-order valence-corrected chi connectivity index (χ3v) is 11.7. The van der Waals surface area contributed by atoms with Crippen molar-refractivity contribution in [2.75, 3.05) is 0 Å². The Morgan fingerprint density at radius 1 is 0.692 bits per heavy atom. The Labute approximate surface area is 308 Å². The van der Waals surface area contributed by atoms with Crippen LogP contribution in [0.1, 0.15) is 41.7 Å². The van der Waals surface area contributed by atoms with E-state index in [1.54, 1.807) is 0 Å². The van der Waals surface area contributed by atoms with Gasteiger partial charge < -0.3 is 10.3 Å². The average molecular weight is 690 g/mol. The van der Waals surface area contributed by atoms with Crippen LogP contribution in [0.5, 0.6) is 0 Å². The summed E-state index contributed by atoms with van der Waals surface area (Å²) in [6.45, 7) is 7.40. The Morgan fingerprint density at radius 3 is 2.13 bits per heavy atom. The third-order valence-electron chi connectivity index (χ3n) is 10.5. The molecule has 52 heavy (non-hydrogen) atoms. The number of rotatable bonds is 4. The lowest BCUT2D eigenvalue weighted by atomic mass is 9.81. The van der Waals surface area contributed by atoms with Gasteiger partial charge in [-0.15, -0.1) is 11.3 Å². The van der Waals surface area contributed by atoms with Crippen molar-refractivity contribution in [2.45, 2.75) is 32.7 Å². The van der Waals surface area contributed by atoms with E-state index in [0.29, 0.717) is 12.4 Å². The van der Waals surface area contributed by atoms with E-state index in [1.807, 2.05) is 59.9 Å². The summed E-state index contributed by atoms with van der Waals surface area (Å²) in [6, 6.07) is 55.9. The van der Waals surface area contributed by atoms with E-state index in [4.69, 9.17) is 10.7 Å². The summed E-state index contributed by atoms with van der Waals surface area (Å²) >= 11 is 1.94. The largest absolute Gasteiger partial charge is 0.383 e. The van der Waals surface area contributed by atoms with Crippen molar-refractivity contribution < 1.29 is 0 Å². The number of nitrogens with two attached hydrogens (primary N) is 1. The minimum atomic E-state index is -0.112. The predicted molar refractivity (Wildman–Crippen MR) is 223 cm³/mol. The maximum atomic E-state index is 6.39. The molecule has 3 nitrogen and oxygen atoms in total. The van der Waals surface area contributed by atoms with Gasteiger partial charge in [-0.1, -0.05) is 153 Å². The van der Waals surface area contributed by atoms with E-state index in [0.717, 1.165) is 16.8 Å². The van der Waals surface area contributed by atoms with Gasteiger partial charge in [0.15, 0.2) is 0 Å². The molecular weight excluding hydrogens is 651 g/mol. The van der Waals surface area contributed by atoms with Crippen molar-refractivity contribution in [2.24, 2.45) is 10.7 Å². The van der Waals surface area contributed by atoms with Gasteiger partial charge in [0.05, 0.1) is 17.6 Å². The monoisotopic (exact) mass is 689 g/mol. The first-order valence-corrected chi connectivity index (χ1v) is 18.7. The summed E-state index contributed by atoms with van der Waals surface area (Å²) in [5, 5.41) is 5.28. The Kier molecular flexibility index (Phi) is 7.79. The van der Waals surface area contributed by atoms with E-state index in [-0.39, 0.29) is 5.41 Å². The average Bonchev–Trinajstić information content (AvgIpc) is 3.81. The van der Waals surface area contributed by atoms with Gasteiger partial charge in [0, 0.05) is 47.6 Å². The van der Waals surface area contributed by atoms with E-state index >= 15 is 0 Å². The molecule has 7 aromatic carbocycles. The summed E-state index contributed by atoms with van der Waals surface area (Å²) in [7, 11) is 0. The van der Waals surface area contributed by atoms with Crippen LogP contribution < -0.4 is 5.73 Å². The molecule has 0 unspecified atom stereocenters. The predicted octanol–water partition coefficient (Wildman–Crippen LogP) is 12.4. The molecule has 0 bridgehead atoms. The molecule has 0 spiro atoms. The summed E-state index contributed by atoms with van der Waals surface area (Å²) in [4.78, 5) is 4.77. The fourth-order valence-corrected chi connectivity index (χ4v) is 9.56. The zero-order chi connectivity index (χ0) is 35.4. The molecule has 9 aromatic rings. The maximum absolute atomic E-state index is 6.39. The summed E-state index contributed by atoms with van der Waals surface area (Å²) in [5.74, 6) is 0.557. The number of aryl methyl sites for hydroxylation is 1. The van der Waals surface area contributed by atoms with E-state index < -0.39 is 0 Å². The number of hydrogen-bond acceptors (Lipinski definition) is 2. The second-order valence-corrected chi connectivity index (χ2v) is 15.2. The molecule has 1 aliphatic rings. The molecule has 252 valence electrons. The first-order valence-electron chi connectivity index (χ1n) is 17.9. The third kappa shape index (κ3) is 5.13. The number of nitrogens with zero attached hydrogens (tertiary/aromatic N) is 2. The molecule has 0 radical (unpaired) electrons. The minimum absolute atomic E-state index is 0.112. The zero-order valence-electron chi connectivity index (χ0n) is 29.6. The van der Waals surface area contributed by atoms with Crippen molar-refractivity contribution in [3.05, 3.63) is 186 Å². The standard InChI is InChI=1S/C41H31N3S.C7H8/c1-41(2)31-20-9-6-17-28(31)34-35-29-18-7-10-21-32(29)44(38(35)36-30-19-8-11-22-33(30)45-39(36)37(34)41)27-16-12-13-25(23-27)24-43-40(42)26-14-4-3-5-15-26;1-7-5-3-2-4-6-7/h3-23H,24H2,1-2H3,(H2,42,43);2-6H,1H3. The van der Waals surface area contributed by atoms with Crippen LogP contribution >= 0.6 is 11.3 Å². The molecule has 2 aromatic heterocycles. The molecule has 1 aliphatic carbocycles. The lowest BCUT2D eigenvalue weighted by Crippen LogP contribution is -2.15. The maximum Gasteiger partial charge on any atom is 0.125 e. The SMILES string of the molecule is CC1(C)c2ccccc2-c2c1c1sc3ccccc3c1c1c2c2ccccc2n1-c1cccc(CN=C(N)c2ccccc2)c1.Cc1ccccc1. The van der Waals surface area contributed by atoms with Gasteiger partial charge in [-0.05, 0) is 59.0 Å². The number of amidine groups is 1. The van der Waals surface area contributed by atoms with E-state index in [2.05, 4.69) is 135 Å². The Morgan fingerprint density at radius 2 is 1.37 bits per heavy atom. The Hall–Kier alpha value is -5.97. The van der Waals surface area contributed by atoms with E-state index in [9.17, 15) is 0 Å². The molecular formula is C48H39N3S. The second kappa shape index (κ2) is 12.7. The smallest absolute Gasteiger partial charge is 0.125 e. The van der Waals surface area contributed by atoms with Gasteiger partial charge >= 0.3 is 0 Å². The molecule has 2 heterocycles. The lowest BCUT2D eigenvalue weighted by molar-refractivity contribution is 0.667. The molecule has 0 amide bonds. The van der Waals surface area contributed by atoms with Gasteiger partial charge in [0.2, 0.25) is 0 Å². The quantitative estimate of drug-likeness (QED) is 0.145. The number of aliphatic imine (C=N–C) groups is 1. The van der Waals surface area contributed by atoms with Crippen molar-refractivity contribution in [1.29, 1.82) is 0 Å². The van der Waals surface area contributed by atoms with Crippen LogP contribution in [0.4, 0.5) is 0 Å². The Balaban J connectivity index is 0.000000464. The van der Waals surface area contributed by atoms with Gasteiger partial charge in [-0.2, -0.15) is 0 Å². The van der Waals surface area contributed by atoms with Crippen molar-refractivity contribution >= 4 is 59.2 Å². The highest BCUT2D eigenvalue weighted by Gasteiger charge is 2.40. The molecule has 0 atom stereocenters. The minimum Gasteiger partial charge on any atom is -0.383 e. The zero-order valence-corrected chi connectivity index (χ0v) is 30.4. The highest BCUT2D eigenvalue weighted by molar-refractivity contribution is 7.26. The second-order valence-electron chi connectivity index (χ2n) is 14.2. The molecule has 0 aliphatic heterocycles. The fraction of sp³-hybridized carbons (Fsp3) is 0.104. The number of aromatic nitrogens is 1. The molecule has 10 rings (SSSR count). The van der Waals surface area contributed by atoms with Crippen LogP contribution in [0.25, 0.3) is 58.8 Å². The molecule has 0 saturated heterocycles. The van der Waals surface area contributed by atoms with Crippen LogP contribution in [0.15, 0.2) is 163 Å². The van der Waals surface area contributed by atoms with Crippen molar-refractivity contribution in [1.82, 2.24) is 4.57 Å². The highest BCUT2D eigenvalue weighted by Crippen LogP contribution is 2.58. The van der Waals surface area contributed by atoms with Gasteiger partial charge in [-0.3, -0.25) is 4.99 Å². The number of para-hydroxylation sites is 1. The van der Waals surface area contributed by atoms with E-state index in [1.165, 1.54) is 69.8 Å². The number of benzene rings is 7. The molecule has 2 N–H and O–H groups in total. The van der Waals surface area contributed by atoms with Crippen molar-refractivity contribution in [3.8, 4) is 16.8 Å². The molecule has 4 heteroatoms. The van der Waals surface area contributed by atoms with Crippen LogP contribution in [0, 0.1) is 6.92 Å². The Bertz CT molecular complexity index is 2800. The normalized spacial score (nSPS) is 13.3. The highest BCUT2D eigenvalue weighted by atomic mass is 32.1. The van der Waals surface area contributed by atoms with Gasteiger partial charge in [-0.25, -0.2) is 0 Å². The first kappa shape index (κ1) is 32.0. The van der Waals surface area contributed by atoms with Crippen LogP contribution in [0.2, 0.25) is 0 Å². The number of thiophene rings is 1. The van der Waals surface area contributed by atoms with Crippen LogP contribution in [0.3, 0.4) is 0 Å². The first-order chi connectivity index (χ1) is 25.4.